The van der Waals surface area contributed by atoms with E-state index in [0.29, 0.717) is 15.9 Å². The summed E-state index contributed by atoms with van der Waals surface area (Å²) in [5, 5.41) is 0. The summed E-state index contributed by atoms with van der Waals surface area (Å²) in [5.74, 6) is -0.862. The molecule has 82 valence electrons. The summed E-state index contributed by atoms with van der Waals surface area (Å²) < 4.78 is 2.31. The molecule has 0 aromatic rings. The normalized spacial score (nSPS) is 11.9. The van der Waals surface area contributed by atoms with Gasteiger partial charge in [0.05, 0.1) is 20.6 Å². The third kappa shape index (κ3) is 8.45. The monoisotopic (exact) mass is 314 g/mol. The van der Waals surface area contributed by atoms with Gasteiger partial charge in [0.25, 0.3) is 3.79 Å². The van der Waals surface area contributed by atoms with Gasteiger partial charge in [-0.2, -0.15) is 0 Å². The van der Waals surface area contributed by atoms with Crippen LogP contribution in [-0.4, -0.2) is 30.3 Å². The van der Waals surface area contributed by atoms with Gasteiger partial charge in [-0.3, -0.25) is 0 Å². The summed E-state index contributed by atoms with van der Waals surface area (Å²) in [7, 11) is 0.419. The van der Waals surface area contributed by atoms with Crippen LogP contribution in [0.3, 0.4) is 0 Å². The van der Waals surface area contributed by atoms with Crippen molar-refractivity contribution in [1.29, 1.82) is 0 Å². The number of halogens is 5. The van der Waals surface area contributed by atoms with E-state index < -0.39 is 9.76 Å². The van der Waals surface area contributed by atoms with E-state index in [1.54, 1.807) is 0 Å². The lowest BCUT2D eigenvalue weighted by Gasteiger charge is -2.10. The van der Waals surface area contributed by atoms with Gasteiger partial charge in [0.1, 0.15) is 0 Å². The minimum absolute atomic E-state index is 0.209. The van der Waals surface area contributed by atoms with Gasteiger partial charge in [-0.1, -0.05) is 40.8 Å². The standard InChI is InChI=1S/C6H7Cl5O2Si/c7-5(8)14-3-1-2-13-4(12)6(9,10)11/h5H,1-3H2. The fourth-order valence-electron chi connectivity index (χ4n) is 0.530. The summed E-state index contributed by atoms with van der Waals surface area (Å²) >= 11 is 26.8. The van der Waals surface area contributed by atoms with Gasteiger partial charge in [0.15, 0.2) is 0 Å². The molecule has 0 rings (SSSR count). The Morgan fingerprint density at radius 3 is 2.36 bits per heavy atom. The van der Waals surface area contributed by atoms with Crippen molar-refractivity contribution in [2.45, 2.75) is 20.7 Å². The Bertz CT molecular complexity index is 182. The minimum Gasteiger partial charge on any atom is -0.463 e. The summed E-state index contributed by atoms with van der Waals surface area (Å²) in [6, 6.07) is 0.783. The first kappa shape index (κ1) is 15.1. The first-order valence-corrected chi connectivity index (χ1v) is 6.88. The number of hydrogen-bond donors (Lipinski definition) is 0. The van der Waals surface area contributed by atoms with Gasteiger partial charge >= 0.3 is 5.97 Å². The molecule has 0 fully saturated rings. The Morgan fingerprint density at radius 2 is 1.93 bits per heavy atom. The number of rotatable bonds is 5. The second kappa shape index (κ2) is 7.42. The molecule has 0 amide bonds. The molecule has 0 saturated heterocycles. The van der Waals surface area contributed by atoms with Gasteiger partial charge in [-0.05, 0) is 6.42 Å². The topological polar surface area (TPSA) is 26.3 Å². The van der Waals surface area contributed by atoms with Gasteiger partial charge in [-0.25, -0.2) is 4.79 Å². The maximum Gasteiger partial charge on any atom is 0.358 e. The molecule has 2 nitrogen and oxygen atoms in total. The van der Waals surface area contributed by atoms with Crippen molar-refractivity contribution >= 4 is 73.5 Å². The van der Waals surface area contributed by atoms with Crippen molar-refractivity contribution in [3.8, 4) is 0 Å². The first-order valence-electron chi connectivity index (χ1n) is 3.59. The molecule has 0 heterocycles. The Balaban J connectivity index is 3.42. The zero-order chi connectivity index (χ0) is 11.2. The lowest BCUT2D eigenvalue weighted by Crippen LogP contribution is -2.22. The molecule has 0 aliphatic rings. The molecule has 0 spiro atoms. The van der Waals surface area contributed by atoms with Crippen LogP contribution in [0.1, 0.15) is 6.42 Å². The van der Waals surface area contributed by atoms with Crippen molar-refractivity contribution in [2.24, 2.45) is 0 Å². The summed E-state index contributed by atoms with van der Waals surface area (Å²) in [6.45, 7) is 0.209. The molecule has 0 aromatic heterocycles. The van der Waals surface area contributed by atoms with Gasteiger partial charge in [-0.15, -0.1) is 23.2 Å². The second-order valence-electron chi connectivity index (χ2n) is 2.24. The molecule has 0 aromatic carbocycles. The lowest BCUT2D eigenvalue weighted by atomic mass is 10.5. The van der Waals surface area contributed by atoms with E-state index in [-0.39, 0.29) is 11.1 Å². The zero-order valence-electron chi connectivity index (χ0n) is 6.90. The molecular formula is C6H7Cl5O2Si. The predicted molar refractivity (Wildman–Crippen MR) is 61.9 cm³/mol. The SMILES string of the molecule is O=C(OCCC[Si]C(Cl)Cl)C(Cl)(Cl)Cl. The number of ether oxygens (including phenoxy) is 1. The van der Waals surface area contributed by atoms with E-state index in [9.17, 15) is 4.79 Å². The fourth-order valence-corrected chi connectivity index (χ4v) is 1.92. The van der Waals surface area contributed by atoms with Gasteiger partial charge < -0.3 is 4.74 Å². The number of alkyl halides is 5. The van der Waals surface area contributed by atoms with Crippen molar-refractivity contribution in [2.75, 3.05) is 6.61 Å². The molecule has 0 aliphatic carbocycles. The summed E-state index contributed by atoms with van der Waals surface area (Å²) in [6.07, 6.45) is 0.654. The number of carbonyl (C=O) groups excluding carboxylic acids is 1. The summed E-state index contributed by atoms with van der Waals surface area (Å²) in [4.78, 5) is 10.9. The van der Waals surface area contributed by atoms with E-state index in [0.717, 1.165) is 6.04 Å². The van der Waals surface area contributed by atoms with Gasteiger partial charge in [0.2, 0.25) is 0 Å². The maximum atomic E-state index is 10.9. The largest absolute Gasteiger partial charge is 0.463 e. The third-order valence-corrected chi connectivity index (χ3v) is 3.42. The van der Waals surface area contributed by atoms with E-state index in [1.807, 2.05) is 0 Å². The second-order valence-corrected chi connectivity index (χ2v) is 7.84. The van der Waals surface area contributed by atoms with E-state index in [2.05, 4.69) is 4.74 Å². The van der Waals surface area contributed by atoms with Crippen LogP contribution >= 0.6 is 58.0 Å². The Morgan fingerprint density at radius 1 is 1.36 bits per heavy atom. The molecular weight excluding hydrogens is 309 g/mol. The molecule has 0 bridgehead atoms. The Labute approximate surface area is 110 Å². The minimum atomic E-state index is -2.00. The molecule has 0 atom stereocenters. The number of carbonyl (C=O) groups is 1. The molecule has 0 saturated carbocycles. The molecule has 0 aliphatic heterocycles. The average molecular weight is 316 g/mol. The van der Waals surface area contributed by atoms with Crippen LogP contribution < -0.4 is 0 Å². The van der Waals surface area contributed by atoms with Crippen LogP contribution in [0.4, 0.5) is 0 Å². The van der Waals surface area contributed by atoms with E-state index in [1.165, 1.54) is 0 Å². The first-order chi connectivity index (χ1) is 6.34. The fraction of sp³-hybridized carbons (Fsp3) is 0.833. The number of esters is 1. The van der Waals surface area contributed by atoms with Crippen molar-refractivity contribution in [3.05, 3.63) is 0 Å². The van der Waals surface area contributed by atoms with Crippen molar-refractivity contribution in [3.63, 3.8) is 0 Å². The predicted octanol–water partition coefficient (Wildman–Crippen LogP) is 3.17. The Kier molecular flexibility index (Phi) is 8.02. The van der Waals surface area contributed by atoms with Crippen LogP contribution in [0.2, 0.25) is 6.04 Å². The van der Waals surface area contributed by atoms with Crippen molar-refractivity contribution in [1.82, 2.24) is 0 Å². The zero-order valence-corrected chi connectivity index (χ0v) is 11.7. The van der Waals surface area contributed by atoms with Crippen molar-refractivity contribution < 1.29 is 9.53 Å². The van der Waals surface area contributed by atoms with E-state index in [4.69, 9.17) is 58.0 Å². The van der Waals surface area contributed by atoms with Crippen LogP contribution in [0.25, 0.3) is 0 Å². The highest BCUT2D eigenvalue weighted by molar-refractivity contribution is 6.75. The molecule has 8 heteroatoms. The van der Waals surface area contributed by atoms with Crippen LogP contribution in [0.15, 0.2) is 0 Å². The van der Waals surface area contributed by atoms with Gasteiger partial charge in [0, 0.05) is 0 Å². The van der Waals surface area contributed by atoms with Crippen LogP contribution in [0.5, 0.6) is 0 Å². The average Bonchev–Trinajstić information content (AvgIpc) is 2.01. The Hall–Kier alpha value is 1.14. The third-order valence-electron chi connectivity index (χ3n) is 1.08. The highest BCUT2D eigenvalue weighted by Crippen LogP contribution is 2.27. The number of hydrogen-bond acceptors (Lipinski definition) is 2. The maximum absolute atomic E-state index is 10.9. The molecule has 2 radical (unpaired) electrons. The lowest BCUT2D eigenvalue weighted by molar-refractivity contribution is -0.142. The molecule has 0 unspecified atom stereocenters. The quantitative estimate of drug-likeness (QED) is 0.337. The molecule has 14 heavy (non-hydrogen) atoms. The van der Waals surface area contributed by atoms with E-state index >= 15 is 0 Å². The molecule has 0 N–H and O–H groups in total. The highest BCUT2D eigenvalue weighted by atomic mass is 35.6. The highest BCUT2D eigenvalue weighted by Gasteiger charge is 2.32. The van der Waals surface area contributed by atoms with Crippen LogP contribution in [0, 0.1) is 0 Å². The smallest absolute Gasteiger partial charge is 0.358 e. The van der Waals surface area contributed by atoms with Crippen LogP contribution in [-0.2, 0) is 9.53 Å². The summed E-state index contributed by atoms with van der Waals surface area (Å²) in [5.41, 5.74) is 0.